The Morgan fingerprint density at radius 2 is 2.00 bits per heavy atom. The minimum Gasteiger partial charge on any atom is -0.335 e. The normalized spacial score (nSPS) is 14.4. The van der Waals surface area contributed by atoms with E-state index >= 15 is 0 Å². The first kappa shape index (κ1) is 18.9. The van der Waals surface area contributed by atoms with Crippen molar-refractivity contribution in [3.05, 3.63) is 52.2 Å². The highest BCUT2D eigenvalue weighted by molar-refractivity contribution is 7.89. The standard InChI is InChI=1S/C17H18F2N2O3S2/c18-15-6-5-14(10-16(15)19)26(23,24)20-8-7-17(22)21(12-3-4-12)11-13-2-1-9-25-13/h1-2,5-6,9-10,12,20H,3-4,7-8,11H2. The molecule has 0 radical (unpaired) electrons. The van der Waals surface area contributed by atoms with Gasteiger partial charge >= 0.3 is 0 Å². The Bertz CT molecular complexity index is 881. The van der Waals surface area contributed by atoms with E-state index in [2.05, 4.69) is 4.72 Å². The van der Waals surface area contributed by atoms with Gasteiger partial charge in [-0.1, -0.05) is 6.07 Å². The summed E-state index contributed by atoms with van der Waals surface area (Å²) in [4.78, 5) is 14.9. The second kappa shape index (κ2) is 7.81. The highest BCUT2D eigenvalue weighted by Gasteiger charge is 2.32. The van der Waals surface area contributed by atoms with E-state index in [1.54, 1.807) is 16.2 Å². The van der Waals surface area contributed by atoms with E-state index in [0.29, 0.717) is 12.6 Å². The van der Waals surface area contributed by atoms with E-state index in [-0.39, 0.29) is 29.8 Å². The summed E-state index contributed by atoms with van der Waals surface area (Å²) < 4.78 is 52.7. The third-order valence-electron chi connectivity index (χ3n) is 4.05. The molecule has 0 bridgehead atoms. The van der Waals surface area contributed by atoms with Crippen LogP contribution < -0.4 is 4.72 Å². The average Bonchev–Trinajstić information content (AvgIpc) is 3.30. The number of sulfonamides is 1. The van der Waals surface area contributed by atoms with Crippen LogP contribution in [0.4, 0.5) is 8.78 Å². The van der Waals surface area contributed by atoms with Crippen LogP contribution in [0.25, 0.3) is 0 Å². The first-order valence-electron chi connectivity index (χ1n) is 8.13. The first-order chi connectivity index (χ1) is 12.4. The molecule has 26 heavy (non-hydrogen) atoms. The first-order valence-corrected chi connectivity index (χ1v) is 10.5. The van der Waals surface area contributed by atoms with Crippen LogP contribution in [0.2, 0.25) is 0 Å². The lowest BCUT2D eigenvalue weighted by Gasteiger charge is -2.22. The zero-order valence-electron chi connectivity index (χ0n) is 13.8. The van der Waals surface area contributed by atoms with Gasteiger partial charge in [-0.05, 0) is 42.5 Å². The molecular formula is C17H18F2N2O3S2. The third-order valence-corrected chi connectivity index (χ3v) is 6.37. The van der Waals surface area contributed by atoms with Gasteiger partial charge in [-0.15, -0.1) is 11.3 Å². The predicted molar refractivity (Wildman–Crippen MR) is 94.1 cm³/mol. The van der Waals surface area contributed by atoms with Crippen molar-refractivity contribution in [2.75, 3.05) is 6.54 Å². The molecule has 3 rings (SSSR count). The Balaban J connectivity index is 1.57. The third kappa shape index (κ3) is 4.66. The lowest BCUT2D eigenvalue weighted by Crippen LogP contribution is -2.35. The number of hydrogen-bond acceptors (Lipinski definition) is 4. The number of nitrogens with one attached hydrogen (secondary N) is 1. The molecule has 1 aliphatic rings. The van der Waals surface area contributed by atoms with Gasteiger partial charge in [-0.3, -0.25) is 4.79 Å². The largest absolute Gasteiger partial charge is 0.335 e. The van der Waals surface area contributed by atoms with Crippen LogP contribution in [0.3, 0.4) is 0 Å². The number of benzene rings is 1. The molecule has 0 atom stereocenters. The van der Waals surface area contributed by atoms with Gasteiger partial charge in [0.2, 0.25) is 15.9 Å². The van der Waals surface area contributed by atoms with Crippen molar-refractivity contribution in [3.63, 3.8) is 0 Å². The number of carbonyl (C=O) groups is 1. The van der Waals surface area contributed by atoms with Crippen molar-refractivity contribution in [1.82, 2.24) is 9.62 Å². The fraction of sp³-hybridized carbons (Fsp3) is 0.353. The SMILES string of the molecule is O=C(CCNS(=O)(=O)c1ccc(F)c(F)c1)N(Cc1cccs1)C1CC1. The Kier molecular flexibility index (Phi) is 5.69. The monoisotopic (exact) mass is 400 g/mol. The lowest BCUT2D eigenvalue weighted by molar-refractivity contribution is -0.132. The van der Waals surface area contributed by atoms with Gasteiger partial charge in [0.05, 0.1) is 11.4 Å². The maximum Gasteiger partial charge on any atom is 0.240 e. The van der Waals surface area contributed by atoms with Gasteiger partial charge in [0.15, 0.2) is 11.6 Å². The fourth-order valence-corrected chi connectivity index (χ4v) is 4.29. The van der Waals surface area contributed by atoms with E-state index in [1.807, 2.05) is 17.5 Å². The quantitative estimate of drug-likeness (QED) is 0.741. The number of hydrogen-bond donors (Lipinski definition) is 1. The highest BCUT2D eigenvalue weighted by Crippen LogP contribution is 2.29. The van der Waals surface area contributed by atoms with Crippen molar-refractivity contribution in [1.29, 1.82) is 0 Å². The van der Waals surface area contributed by atoms with Crippen molar-refractivity contribution in [3.8, 4) is 0 Å². The summed E-state index contributed by atoms with van der Waals surface area (Å²) in [5, 5.41) is 1.95. The molecule has 0 saturated heterocycles. The van der Waals surface area contributed by atoms with Crippen molar-refractivity contribution >= 4 is 27.3 Å². The molecule has 1 saturated carbocycles. The Morgan fingerprint density at radius 3 is 2.62 bits per heavy atom. The maximum absolute atomic E-state index is 13.2. The predicted octanol–water partition coefficient (Wildman–Crippen LogP) is 2.89. The Hall–Kier alpha value is -1.84. The van der Waals surface area contributed by atoms with Gasteiger partial charge < -0.3 is 4.90 Å². The number of halogens is 2. The van der Waals surface area contributed by atoms with Crippen LogP contribution in [0, 0.1) is 11.6 Å². The molecule has 140 valence electrons. The van der Waals surface area contributed by atoms with Crippen LogP contribution >= 0.6 is 11.3 Å². The van der Waals surface area contributed by atoms with Gasteiger partial charge in [-0.25, -0.2) is 21.9 Å². The van der Waals surface area contributed by atoms with E-state index in [1.165, 1.54) is 0 Å². The number of thiophene rings is 1. The molecule has 1 N–H and O–H groups in total. The molecule has 1 amide bonds. The maximum atomic E-state index is 13.2. The lowest BCUT2D eigenvalue weighted by atomic mass is 10.3. The summed E-state index contributed by atoms with van der Waals surface area (Å²) in [5.74, 6) is -2.48. The van der Waals surface area contributed by atoms with Gasteiger partial charge in [0.25, 0.3) is 0 Å². The molecule has 2 aromatic rings. The minimum atomic E-state index is -4.00. The van der Waals surface area contributed by atoms with E-state index in [9.17, 15) is 22.0 Å². The topological polar surface area (TPSA) is 66.5 Å². The van der Waals surface area contributed by atoms with Crippen molar-refractivity contribution in [2.45, 2.75) is 36.7 Å². The van der Waals surface area contributed by atoms with Crippen LogP contribution in [-0.4, -0.2) is 31.8 Å². The molecule has 0 spiro atoms. The molecule has 5 nitrogen and oxygen atoms in total. The summed E-state index contributed by atoms with van der Waals surface area (Å²) in [6.45, 7) is 0.422. The number of amides is 1. The minimum absolute atomic E-state index is 0.00474. The molecule has 9 heteroatoms. The molecule has 0 aliphatic heterocycles. The molecule has 1 fully saturated rings. The zero-order valence-corrected chi connectivity index (χ0v) is 15.5. The zero-order chi connectivity index (χ0) is 18.7. The molecule has 1 aliphatic carbocycles. The summed E-state index contributed by atoms with van der Waals surface area (Å²) in [6, 6.07) is 6.45. The molecule has 1 heterocycles. The summed E-state index contributed by atoms with van der Waals surface area (Å²) >= 11 is 1.57. The second-order valence-electron chi connectivity index (χ2n) is 6.06. The summed E-state index contributed by atoms with van der Waals surface area (Å²) in [5.41, 5.74) is 0. The van der Waals surface area contributed by atoms with Gasteiger partial charge in [0, 0.05) is 23.9 Å². The second-order valence-corrected chi connectivity index (χ2v) is 8.86. The van der Waals surface area contributed by atoms with Gasteiger partial charge in [0.1, 0.15) is 0 Å². The smallest absolute Gasteiger partial charge is 0.240 e. The fourth-order valence-electron chi connectivity index (χ4n) is 2.54. The van der Waals surface area contributed by atoms with Crippen LogP contribution in [-0.2, 0) is 21.4 Å². The van der Waals surface area contributed by atoms with Crippen molar-refractivity contribution in [2.24, 2.45) is 0 Å². The molecule has 1 aromatic carbocycles. The summed E-state index contributed by atoms with van der Waals surface area (Å²) in [6.07, 6.45) is 1.92. The van der Waals surface area contributed by atoms with E-state index in [0.717, 1.165) is 29.9 Å². The van der Waals surface area contributed by atoms with Crippen LogP contribution in [0.15, 0.2) is 40.6 Å². The van der Waals surface area contributed by atoms with Gasteiger partial charge in [-0.2, -0.15) is 0 Å². The molecular weight excluding hydrogens is 382 g/mol. The van der Waals surface area contributed by atoms with E-state index < -0.39 is 21.7 Å². The molecule has 0 unspecified atom stereocenters. The number of nitrogens with zero attached hydrogens (tertiary/aromatic N) is 1. The Morgan fingerprint density at radius 1 is 1.23 bits per heavy atom. The number of rotatable bonds is 8. The van der Waals surface area contributed by atoms with E-state index in [4.69, 9.17) is 0 Å². The number of carbonyl (C=O) groups excluding carboxylic acids is 1. The molecule has 1 aromatic heterocycles. The van der Waals surface area contributed by atoms with Crippen LogP contribution in [0.5, 0.6) is 0 Å². The van der Waals surface area contributed by atoms with Crippen molar-refractivity contribution < 1.29 is 22.0 Å². The average molecular weight is 400 g/mol. The summed E-state index contributed by atoms with van der Waals surface area (Å²) in [7, 11) is -4.00. The highest BCUT2D eigenvalue weighted by atomic mass is 32.2. The van der Waals surface area contributed by atoms with Crippen LogP contribution in [0.1, 0.15) is 24.1 Å². The Labute approximate surface area is 154 Å².